The van der Waals surface area contributed by atoms with Gasteiger partial charge < -0.3 is 0 Å². The first kappa shape index (κ1) is 14.8. The van der Waals surface area contributed by atoms with Gasteiger partial charge in [-0.2, -0.15) is 13.2 Å². The van der Waals surface area contributed by atoms with E-state index in [4.69, 9.17) is 0 Å². The number of urea groups is 1. The number of imide groups is 1. The molecule has 8 heteroatoms. The molecule has 1 aliphatic rings. The zero-order chi connectivity index (χ0) is 15.1. The van der Waals surface area contributed by atoms with E-state index in [1.807, 2.05) is 0 Å². The molecule has 1 aliphatic heterocycles. The zero-order valence-corrected chi connectivity index (χ0v) is 11.9. The highest BCUT2D eigenvalue weighted by Gasteiger charge is 2.35. The SMILES string of the molecule is CC1CN(c2ccc(Br)c(C(F)(F)F)c2)C(=O)NC1=O. The fraction of sp³-hybridized carbons (Fsp3) is 0.333. The van der Waals surface area contributed by atoms with Gasteiger partial charge in [0.05, 0.1) is 11.5 Å². The number of rotatable bonds is 1. The number of nitrogens with zero attached hydrogens (tertiary/aromatic N) is 1. The van der Waals surface area contributed by atoms with E-state index in [-0.39, 0.29) is 16.7 Å². The number of hydrogen-bond acceptors (Lipinski definition) is 2. The van der Waals surface area contributed by atoms with E-state index in [2.05, 4.69) is 21.2 Å². The van der Waals surface area contributed by atoms with E-state index in [0.29, 0.717) is 0 Å². The largest absolute Gasteiger partial charge is 0.417 e. The van der Waals surface area contributed by atoms with Gasteiger partial charge in [-0.15, -0.1) is 0 Å². The molecule has 3 amide bonds. The van der Waals surface area contributed by atoms with E-state index < -0.39 is 29.6 Å². The van der Waals surface area contributed by atoms with Crippen LogP contribution in [-0.2, 0) is 11.0 Å². The van der Waals surface area contributed by atoms with Crippen molar-refractivity contribution < 1.29 is 22.8 Å². The molecule has 108 valence electrons. The maximum Gasteiger partial charge on any atom is 0.417 e. The number of carbonyl (C=O) groups excluding carboxylic acids is 2. The van der Waals surface area contributed by atoms with Crippen LogP contribution in [0.2, 0.25) is 0 Å². The minimum atomic E-state index is -4.53. The van der Waals surface area contributed by atoms with Gasteiger partial charge in [0.1, 0.15) is 0 Å². The Morgan fingerprint density at radius 2 is 2.00 bits per heavy atom. The van der Waals surface area contributed by atoms with Gasteiger partial charge in [0.15, 0.2) is 0 Å². The van der Waals surface area contributed by atoms with Crippen LogP contribution in [0.5, 0.6) is 0 Å². The molecule has 4 nitrogen and oxygen atoms in total. The number of alkyl halides is 3. The van der Waals surface area contributed by atoms with Gasteiger partial charge in [-0.25, -0.2) is 4.79 Å². The molecule has 0 bridgehead atoms. The molecular weight excluding hydrogens is 341 g/mol. The number of halogens is 4. The Morgan fingerprint density at radius 3 is 2.60 bits per heavy atom. The fourth-order valence-electron chi connectivity index (χ4n) is 1.86. The third-order valence-corrected chi connectivity index (χ3v) is 3.64. The highest BCUT2D eigenvalue weighted by Crippen LogP contribution is 2.37. The summed E-state index contributed by atoms with van der Waals surface area (Å²) < 4.78 is 38.4. The van der Waals surface area contributed by atoms with Gasteiger partial charge in [-0.3, -0.25) is 15.0 Å². The highest BCUT2D eigenvalue weighted by atomic mass is 79.9. The predicted molar refractivity (Wildman–Crippen MR) is 69.2 cm³/mol. The number of anilines is 1. The van der Waals surface area contributed by atoms with Crippen molar-refractivity contribution in [2.45, 2.75) is 13.1 Å². The van der Waals surface area contributed by atoms with Crippen molar-refractivity contribution in [1.82, 2.24) is 5.32 Å². The van der Waals surface area contributed by atoms with Crippen molar-refractivity contribution >= 4 is 33.6 Å². The fourth-order valence-corrected chi connectivity index (χ4v) is 2.33. The first-order valence-corrected chi connectivity index (χ1v) is 6.48. The number of benzene rings is 1. The number of hydrogen-bond donors (Lipinski definition) is 1. The van der Waals surface area contributed by atoms with Gasteiger partial charge in [0, 0.05) is 16.7 Å². The van der Waals surface area contributed by atoms with Gasteiger partial charge in [-0.05, 0) is 18.2 Å². The first-order chi connectivity index (χ1) is 9.20. The predicted octanol–water partition coefficient (Wildman–Crippen LogP) is 3.16. The normalized spacial score (nSPS) is 20.1. The van der Waals surface area contributed by atoms with E-state index in [9.17, 15) is 22.8 Å². The van der Waals surface area contributed by atoms with Crippen LogP contribution in [-0.4, -0.2) is 18.5 Å². The van der Waals surface area contributed by atoms with Crippen LogP contribution in [0.25, 0.3) is 0 Å². The first-order valence-electron chi connectivity index (χ1n) is 5.69. The summed E-state index contributed by atoms with van der Waals surface area (Å²) in [5.74, 6) is -0.912. The minimum Gasteiger partial charge on any atom is -0.293 e. The molecule has 1 N–H and O–H groups in total. The Balaban J connectivity index is 2.39. The molecule has 0 aromatic heterocycles. The molecule has 1 aromatic carbocycles. The third kappa shape index (κ3) is 2.79. The summed E-state index contributed by atoms with van der Waals surface area (Å²) in [7, 11) is 0. The van der Waals surface area contributed by atoms with Crippen LogP contribution < -0.4 is 10.2 Å². The monoisotopic (exact) mass is 350 g/mol. The summed E-state index contributed by atoms with van der Waals surface area (Å²) in [6, 6.07) is 2.78. The molecule has 1 heterocycles. The summed E-state index contributed by atoms with van der Waals surface area (Å²) >= 11 is 2.83. The summed E-state index contributed by atoms with van der Waals surface area (Å²) in [5, 5.41) is 2.11. The summed E-state index contributed by atoms with van der Waals surface area (Å²) in [6.07, 6.45) is -4.53. The summed E-state index contributed by atoms with van der Waals surface area (Å²) in [5.41, 5.74) is -0.773. The molecule has 0 radical (unpaired) electrons. The molecule has 0 saturated carbocycles. The van der Waals surface area contributed by atoms with Crippen LogP contribution in [0.15, 0.2) is 22.7 Å². The lowest BCUT2D eigenvalue weighted by Crippen LogP contribution is -2.53. The van der Waals surface area contributed by atoms with Gasteiger partial charge >= 0.3 is 12.2 Å². The lowest BCUT2D eigenvalue weighted by molar-refractivity contribution is -0.138. The average molecular weight is 351 g/mol. The molecule has 0 spiro atoms. The van der Waals surface area contributed by atoms with E-state index in [1.165, 1.54) is 12.1 Å². The number of nitrogens with one attached hydrogen (secondary N) is 1. The molecule has 2 rings (SSSR count). The third-order valence-electron chi connectivity index (χ3n) is 2.95. The molecular formula is C12H10BrF3N2O2. The maximum atomic E-state index is 12.8. The van der Waals surface area contributed by atoms with Crippen molar-refractivity contribution in [2.75, 3.05) is 11.4 Å². The molecule has 1 aromatic rings. The van der Waals surface area contributed by atoms with Crippen molar-refractivity contribution in [3.8, 4) is 0 Å². The number of amides is 3. The summed E-state index contributed by atoms with van der Waals surface area (Å²) in [6.45, 7) is 1.64. The van der Waals surface area contributed by atoms with Crippen LogP contribution >= 0.6 is 15.9 Å². The Morgan fingerprint density at radius 1 is 1.35 bits per heavy atom. The van der Waals surface area contributed by atoms with Gasteiger partial charge in [0.25, 0.3) is 0 Å². The topological polar surface area (TPSA) is 49.4 Å². The Hall–Kier alpha value is -1.57. The van der Waals surface area contributed by atoms with Crippen LogP contribution in [0.1, 0.15) is 12.5 Å². The second-order valence-corrected chi connectivity index (χ2v) is 5.32. The van der Waals surface area contributed by atoms with E-state index >= 15 is 0 Å². The zero-order valence-electron chi connectivity index (χ0n) is 10.3. The van der Waals surface area contributed by atoms with Crippen molar-refractivity contribution in [3.63, 3.8) is 0 Å². The van der Waals surface area contributed by atoms with E-state index in [1.54, 1.807) is 6.92 Å². The minimum absolute atomic E-state index is 0.0452. The molecule has 0 aliphatic carbocycles. The van der Waals surface area contributed by atoms with Crippen molar-refractivity contribution in [1.29, 1.82) is 0 Å². The number of carbonyl (C=O) groups is 2. The molecule has 1 saturated heterocycles. The van der Waals surface area contributed by atoms with Crippen LogP contribution in [0.4, 0.5) is 23.7 Å². The Kier molecular flexibility index (Phi) is 3.77. The van der Waals surface area contributed by atoms with E-state index in [0.717, 1.165) is 11.0 Å². The molecule has 20 heavy (non-hydrogen) atoms. The van der Waals surface area contributed by atoms with Crippen LogP contribution in [0, 0.1) is 5.92 Å². The second kappa shape index (κ2) is 5.08. The quantitative estimate of drug-likeness (QED) is 0.845. The van der Waals surface area contributed by atoms with Crippen molar-refractivity contribution in [3.05, 3.63) is 28.2 Å². The highest BCUT2D eigenvalue weighted by molar-refractivity contribution is 9.10. The lowest BCUT2D eigenvalue weighted by atomic mass is 10.1. The Labute approximate surface area is 121 Å². The van der Waals surface area contributed by atoms with Crippen molar-refractivity contribution in [2.24, 2.45) is 5.92 Å². The average Bonchev–Trinajstić information content (AvgIpc) is 2.33. The smallest absolute Gasteiger partial charge is 0.293 e. The summed E-state index contributed by atoms with van der Waals surface area (Å²) in [4.78, 5) is 24.1. The molecule has 1 unspecified atom stereocenters. The molecule has 1 atom stereocenters. The maximum absolute atomic E-state index is 12.8. The van der Waals surface area contributed by atoms with Crippen LogP contribution in [0.3, 0.4) is 0 Å². The standard InChI is InChI=1S/C12H10BrF3N2O2/c1-6-5-18(11(20)17-10(6)19)7-2-3-9(13)8(4-7)12(14,15)16/h2-4,6H,5H2,1H3,(H,17,19,20). The Bertz CT molecular complexity index is 574. The van der Waals surface area contributed by atoms with Gasteiger partial charge in [-0.1, -0.05) is 22.9 Å². The lowest BCUT2D eigenvalue weighted by Gasteiger charge is -2.30. The second-order valence-electron chi connectivity index (χ2n) is 4.47. The molecule has 1 fully saturated rings. The van der Waals surface area contributed by atoms with Gasteiger partial charge in [0.2, 0.25) is 5.91 Å².